The molecule has 4 nitrogen and oxygen atoms in total. The van der Waals surface area contributed by atoms with Crippen LogP contribution in [0.4, 0.5) is 0 Å². The van der Waals surface area contributed by atoms with Crippen molar-refractivity contribution in [2.75, 3.05) is 0 Å². The van der Waals surface area contributed by atoms with Crippen LogP contribution in [-0.2, 0) is 0 Å². The number of fused-ring (bicyclic) bond motifs is 1. The van der Waals surface area contributed by atoms with Crippen LogP contribution in [0, 0.1) is 0 Å². The maximum absolute atomic E-state index is 11.1. The summed E-state index contributed by atoms with van der Waals surface area (Å²) in [5.41, 5.74) is 1.37. The molecule has 0 amide bonds. The molecule has 0 saturated heterocycles. The lowest BCUT2D eigenvalue weighted by Gasteiger charge is -2.17. The summed E-state index contributed by atoms with van der Waals surface area (Å²) in [7, 11) is 0. The molecular weight excluding hydrogens is 238 g/mol. The molecule has 17 heavy (non-hydrogen) atoms. The maximum atomic E-state index is 11.1. The standard InChI is InChI=1S/C12H14ClN3O/c1-3-9(4-2)16-10(7-17)5-8-6-14-12(13)15-11(8)16/h5-7,9H,3-4H2,1-2H3. The highest BCUT2D eigenvalue weighted by atomic mass is 35.5. The van der Waals surface area contributed by atoms with Gasteiger partial charge < -0.3 is 4.57 Å². The van der Waals surface area contributed by atoms with Crippen LogP contribution in [0.15, 0.2) is 12.3 Å². The molecule has 2 aromatic rings. The summed E-state index contributed by atoms with van der Waals surface area (Å²) >= 11 is 5.81. The van der Waals surface area contributed by atoms with Crippen molar-refractivity contribution in [2.45, 2.75) is 32.7 Å². The number of halogens is 1. The molecular formula is C12H14ClN3O. The second kappa shape index (κ2) is 4.84. The molecule has 2 aromatic heterocycles. The van der Waals surface area contributed by atoms with Gasteiger partial charge in [-0.15, -0.1) is 0 Å². The fraction of sp³-hybridized carbons (Fsp3) is 0.417. The predicted molar refractivity (Wildman–Crippen MR) is 67.5 cm³/mol. The molecule has 0 bridgehead atoms. The van der Waals surface area contributed by atoms with Gasteiger partial charge in [0.15, 0.2) is 6.29 Å². The summed E-state index contributed by atoms with van der Waals surface area (Å²) < 4.78 is 1.95. The molecule has 0 aliphatic carbocycles. The maximum Gasteiger partial charge on any atom is 0.224 e. The number of aromatic nitrogens is 3. The Hall–Kier alpha value is -1.42. The van der Waals surface area contributed by atoms with Gasteiger partial charge in [0.05, 0.1) is 5.69 Å². The first-order chi connectivity index (χ1) is 8.21. The minimum atomic E-state index is 0.209. The quantitative estimate of drug-likeness (QED) is 0.619. The lowest BCUT2D eigenvalue weighted by molar-refractivity contribution is 0.111. The second-order valence-electron chi connectivity index (χ2n) is 3.95. The highest BCUT2D eigenvalue weighted by Gasteiger charge is 2.16. The summed E-state index contributed by atoms with van der Waals surface area (Å²) in [5, 5.41) is 1.06. The number of aldehydes is 1. The number of carbonyl (C=O) groups is 1. The molecule has 0 unspecified atom stereocenters. The van der Waals surface area contributed by atoms with E-state index in [1.165, 1.54) is 0 Å². The first kappa shape index (κ1) is 12.0. The number of hydrogen-bond donors (Lipinski definition) is 0. The largest absolute Gasteiger partial charge is 0.320 e. The van der Waals surface area contributed by atoms with Crippen LogP contribution < -0.4 is 0 Å². The van der Waals surface area contributed by atoms with Crippen molar-refractivity contribution in [3.05, 3.63) is 23.2 Å². The van der Waals surface area contributed by atoms with Crippen LogP contribution in [0.25, 0.3) is 11.0 Å². The van der Waals surface area contributed by atoms with Crippen LogP contribution in [0.3, 0.4) is 0 Å². The second-order valence-corrected chi connectivity index (χ2v) is 4.28. The Morgan fingerprint density at radius 3 is 2.76 bits per heavy atom. The van der Waals surface area contributed by atoms with Crippen molar-refractivity contribution in [1.82, 2.24) is 14.5 Å². The third-order valence-corrected chi connectivity index (χ3v) is 3.19. The van der Waals surface area contributed by atoms with Gasteiger partial charge in [0, 0.05) is 17.6 Å². The van der Waals surface area contributed by atoms with Crippen LogP contribution in [0.1, 0.15) is 43.2 Å². The molecule has 0 aliphatic rings. The smallest absolute Gasteiger partial charge is 0.224 e. The average Bonchev–Trinajstić information content (AvgIpc) is 2.69. The van der Waals surface area contributed by atoms with E-state index in [4.69, 9.17) is 11.6 Å². The van der Waals surface area contributed by atoms with E-state index in [1.807, 2.05) is 4.57 Å². The lowest BCUT2D eigenvalue weighted by Crippen LogP contribution is -2.10. The molecule has 0 radical (unpaired) electrons. The van der Waals surface area contributed by atoms with E-state index < -0.39 is 0 Å². The number of carbonyl (C=O) groups excluding carboxylic acids is 1. The first-order valence-corrected chi connectivity index (χ1v) is 6.07. The highest BCUT2D eigenvalue weighted by molar-refractivity contribution is 6.28. The molecule has 0 N–H and O–H groups in total. The molecule has 2 rings (SSSR count). The van der Waals surface area contributed by atoms with Gasteiger partial charge in [-0.1, -0.05) is 13.8 Å². The summed E-state index contributed by atoms with van der Waals surface area (Å²) in [4.78, 5) is 19.3. The van der Waals surface area contributed by atoms with Crippen molar-refractivity contribution in [1.29, 1.82) is 0 Å². The SMILES string of the molecule is CCC(CC)n1c(C=O)cc2cnc(Cl)nc21. The third-order valence-electron chi connectivity index (χ3n) is 3.00. The Labute approximate surface area is 105 Å². The zero-order valence-electron chi connectivity index (χ0n) is 9.85. The topological polar surface area (TPSA) is 47.8 Å². The van der Waals surface area contributed by atoms with Crippen molar-refractivity contribution < 1.29 is 4.79 Å². The van der Waals surface area contributed by atoms with Gasteiger partial charge in [0.25, 0.3) is 0 Å². The fourth-order valence-electron chi connectivity index (χ4n) is 2.14. The van der Waals surface area contributed by atoms with Crippen molar-refractivity contribution in [2.24, 2.45) is 0 Å². The summed E-state index contributed by atoms with van der Waals surface area (Å²) in [6.07, 6.45) is 4.40. The van der Waals surface area contributed by atoms with E-state index in [0.717, 1.165) is 30.2 Å². The number of hydrogen-bond acceptors (Lipinski definition) is 3. The van der Waals surface area contributed by atoms with E-state index in [9.17, 15) is 4.79 Å². The molecule has 90 valence electrons. The molecule has 0 atom stereocenters. The summed E-state index contributed by atoms with van der Waals surface area (Å²) in [6.45, 7) is 4.19. The van der Waals surface area contributed by atoms with Gasteiger partial charge in [-0.2, -0.15) is 4.98 Å². The summed E-state index contributed by atoms with van der Waals surface area (Å²) in [6, 6.07) is 2.07. The van der Waals surface area contributed by atoms with Crippen LogP contribution in [-0.4, -0.2) is 20.8 Å². The van der Waals surface area contributed by atoms with Crippen LogP contribution in [0.2, 0.25) is 5.28 Å². The van der Waals surface area contributed by atoms with Crippen LogP contribution in [0.5, 0.6) is 0 Å². The Balaban J connectivity index is 2.72. The lowest BCUT2D eigenvalue weighted by atomic mass is 10.1. The number of rotatable bonds is 4. The number of nitrogens with zero attached hydrogens (tertiary/aromatic N) is 3. The summed E-state index contributed by atoms with van der Waals surface area (Å²) in [5.74, 6) is 0. The minimum Gasteiger partial charge on any atom is -0.320 e. The molecule has 0 saturated carbocycles. The van der Waals surface area contributed by atoms with E-state index >= 15 is 0 Å². The van der Waals surface area contributed by atoms with E-state index in [-0.39, 0.29) is 11.3 Å². The Kier molecular flexibility index (Phi) is 3.43. The van der Waals surface area contributed by atoms with Crippen LogP contribution >= 0.6 is 11.6 Å². The highest BCUT2D eigenvalue weighted by Crippen LogP contribution is 2.26. The normalized spacial score (nSPS) is 11.3. The van der Waals surface area contributed by atoms with Crippen molar-refractivity contribution >= 4 is 28.9 Å². The third kappa shape index (κ3) is 2.05. The minimum absolute atomic E-state index is 0.209. The zero-order chi connectivity index (χ0) is 12.4. The monoisotopic (exact) mass is 251 g/mol. The van der Waals surface area contributed by atoms with Gasteiger partial charge in [-0.25, -0.2) is 4.98 Å². The Morgan fingerprint density at radius 1 is 1.47 bits per heavy atom. The molecule has 0 aliphatic heterocycles. The molecule has 0 fully saturated rings. The van der Waals surface area contributed by atoms with E-state index in [1.54, 1.807) is 12.3 Å². The fourth-order valence-corrected chi connectivity index (χ4v) is 2.26. The molecule has 2 heterocycles. The average molecular weight is 252 g/mol. The predicted octanol–water partition coefficient (Wildman–Crippen LogP) is 3.26. The van der Waals surface area contributed by atoms with Gasteiger partial charge in [-0.05, 0) is 30.5 Å². The van der Waals surface area contributed by atoms with E-state index in [0.29, 0.717) is 5.69 Å². The Morgan fingerprint density at radius 2 is 2.18 bits per heavy atom. The molecule has 5 heteroatoms. The van der Waals surface area contributed by atoms with Crippen molar-refractivity contribution in [3.63, 3.8) is 0 Å². The Bertz CT molecular complexity index is 546. The van der Waals surface area contributed by atoms with E-state index in [2.05, 4.69) is 23.8 Å². The zero-order valence-corrected chi connectivity index (χ0v) is 10.6. The van der Waals surface area contributed by atoms with Gasteiger partial charge in [-0.3, -0.25) is 4.79 Å². The van der Waals surface area contributed by atoms with Crippen molar-refractivity contribution in [3.8, 4) is 0 Å². The molecule has 0 aromatic carbocycles. The first-order valence-electron chi connectivity index (χ1n) is 5.69. The van der Waals surface area contributed by atoms with Gasteiger partial charge in [0.2, 0.25) is 5.28 Å². The van der Waals surface area contributed by atoms with Gasteiger partial charge >= 0.3 is 0 Å². The molecule has 0 spiro atoms. The van der Waals surface area contributed by atoms with Gasteiger partial charge in [0.1, 0.15) is 5.65 Å².